The van der Waals surface area contributed by atoms with E-state index in [1.54, 1.807) is 43.3 Å². The van der Waals surface area contributed by atoms with Crippen molar-refractivity contribution in [3.63, 3.8) is 0 Å². The molecule has 23 heavy (non-hydrogen) atoms. The van der Waals surface area contributed by atoms with Crippen LogP contribution >= 0.6 is 0 Å². The molecule has 1 amide bonds. The van der Waals surface area contributed by atoms with Gasteiger partial charge in [-0.2, -0.15) is 0 Å². The molecule has 2 aromatic carbocycles. The summed E-state index contributed by atoms with van der Waals surface area (Å²) < 4.78 is 27.7. The van der Waals surface area contributed by atoms with Crippen LogP contribution in [0, 0.1) is 20.8 Å². The Morgan fingerprint density at radius 3 is 2.09 bits per heavy atom. The van der Waals surface area contributed by atoms with E-state index in [-0.39, 0.29) is 4.90 Å². The van der Waals surface area contributed by atoms with Crippen molar-refractivity contribution >= 4 is 27.8 Å². The van der Waals surface area contributed by atoms with E-state index in [4.69, 9.17) is 0 Å². The Morgan fingerprint density at radius 1 is 0.870 bits per heavy atom. The number of sulfonamides is 1. The molecule has 0 atom stereocenters. The summed E-state index contributed by atoms with van der Waals surface area (Å²) in [5.41, 5.74) is 8.80. The second-order valence-electron chi connectivity index (χ2n) is 5.20. The standard InChI is InChI=1S/C16H19N3O3S/c1-11-4-9-16(13(3)12(11)2)23(21,22)19-15-7-5-14(6-8-15)18-17-10-20/h4-10,18-19H,1-3H3,(H,17,20). The van der Waals surface area contributed by atoms with Crippen molar-refractivity contribution in [3.8, 4) is 0 Å². The van der Waals surface area contributed by atoms with Crippen LogP contribution < -0.4 is 15.6 Å². The summed E-state index contributed by atoms with van der Waals surface area (Å²) >= 11 is 0. The Morgan fingerprint density at radius 2 is 1.48 bits per heavy atom. The maximum absolute atomic E-state index is 12.6. The van der Waals surface area contributed by atoms with Gasteiger partial charge in [0.25, 0.3) is 10.0 Å². The van der Waals surface area contributed by atoms with Crippen LogP contribution in [0.5, 0.6) is 0 Å². The number of rotatable bonds is 6. The van der Waals surface area contributed by atoms with Gasteiger partial charge in [-0.25, -0.2) is 8.42 Å². The minimum Gasteiger partial charge on any atom is -0.299 e. The molecule has 0 saturated heterocycles. The Hall–Kier alpha value is -2.54. The Balaban J connectivity index is 2.25. The largest absolute Gasteiger partial charge is 0.299 e. The number of carbonyl (C=O) groups is 1. The molecule has 0 aromatic heterocycles. The van der Waals surface area contributed by atoms with Gasteiger partial charge in [0.1, 0.15) is 0 Å². The second kappa shape index (κ2) is 6.70. The molecular formula is C16H19N3O3S. The summed E-state index contributed by atoms with van der Waals surface area (Å²) in [7, 11) is -3.66. The van der Waals surface area contributed by atoms with Crippen molar-refractivity contribution in [1.29, 1.82) is 0 Å². The molecule has 2 aromatic rings. The first kappa shape index (κ1) is 16.8. The molecular weight excluding hydrogens is 314 g/mol. The number of nitrogens with one attached hydrogen (secondary N) is 3. The van der Waals surface area contributed by atoms with Crippen LogP contribution in [0.3, 0.4) is 0 Å². The molecule has 0 aliphatic rings. The minimum atomic E-state index is -3.66. The molecule has 0 fully saturated rings. The van der Waals surface area contributed by atoms with Gasteiger partial charge >= 0.3 is 0 Å². The van der Waals surface area contributed by atoms with Gasteiger partial charge in [-0.15, -0.1) is 0 Å². The van der Waals surface area contributed by atoms with Crippen LogP contribution in [0.2, 0.25) is 0 Å². The zero-order valence-corrected chi connectivity index (χ0v) is 14.0. The van der Waals surface area contributed by atoms with Gasteiger partial charge in [0, 0.05) is 5.69 Å². The molecule has 0 radical (unpaired) electrons. The normalized spacial score (nSPS) is 10.9. The maximum Gasteiger partial charge on any atom is 0.262 e. The van der Waals surface area contributed by atoms with Gasteiger partial charge in [-0.3, -0.25) is 20.4 Å². The summed E-state index contributed by atoms with van der Waals surface area (Å²) in [6.07, 6.45) is 0.513. The van der Waals surface area contributed by atoms with Crippen molar-refractivity contribution in [2.24, 2.45) is 0 Å². The number of hydrogen-bond acceptors (Lipinski definition) is 4. The number of amides is 1. The molecule has 0 bridgehead atoms. The highest BCUT2D eigenvalue weighted by atomic mass is 32.2. The van der Waals surface area contributed by atoms with Gasteiger partial charge in [0.15, 0.2) is 0 Å². The molecule has 0 spiro atoms. The van der Waals surface area contributed by atoms with Crippen LogP contribution in [0.25, 0.3) is 0 Å². The predicted octanol–water partition coefficient (Wildman–Crippen LogP) is 2.49. The maximum atomic E-state index is 12.6. The van der Waals surface area contributed by atoms with E-state index in [0.29, 0.717) is 17.8 Å². The molecule has 0 unspecified atom stereocenters. The molecule has 122 valence electrons. The molecule has 0 heterocycles. The summed E-state index contributed by atoms with van der Waals surface area (Å²) in [5.74, 6) is 0. The average Bonchev–Trinajstić information content (AvgIpc) is 2.51. The van der Waals surface area contributed by atoms with E-state index in [2.05, 4.69) is 15.6 Å². The lowest BCUT2D eigenvalue weighted by Gasteiger charge is -2.14. The topological polar surface area (TPSA) is 87.3 Å². The van der Waals surface area contributed by atoms with E-state index in [9.17, 15) is 13.2 Å². The Labute approximate surface area is 135 Å². The quantitative estimate of drug-likeness (QED) is 0.560. The highest BCUT2D eigenvalue weighted by Gasteiger charge is 2.18. The zero-order chi connectivity index (χ0) is 17.0. The lowest BCUT2D eigenvalue weighted by molar-refractivity contribution is -0.109. The van der Waals surface area contributed by atoms with E-state index in [1.807, 2.05) is 13.8 Å². The number of anilines is 2. The highest BCUT2D eigenvalue weighted by Crippen LogP contribution is 2.24. The third kappa shape index (κ3) is 3.81. The summed E-state index contributed by atoms with van der Waals surface area (Å²) in [4.78, 5) is 10.5. The van der Waals surface area contributed by atoms with Gasteiger partial charge < -0.3 is 0 Å². The van der Waals surface area contributed by atoms with E-state index in [1.165, 1.54) is 0 Å². The van der Waals surface area contributed by atoms with Gasteiger partial charge in [-0.1, -0.05) is 6.07 Å². The number of hydrazine groups is 1. The smallest absolute Gasteiger partial charge is 0.262 e. The molecule has 6 nitrogen and oxygen atoms in total. The van der Waals surface area contributed by atoms with E-state index >= 15 is 0 Å². The first-order valence-electron chi connectivity index (χ1n) is 7.00. The highest BCUT2D eigenvalue weighted by molar-refractivity contribution is 7.92. The molecule has 0 saturated carbocycles. The Kier molecular flexibility index (Phi) is 4.90. The summed E-state index contributed by atoms with van der Waals surface area (Å²) in [6, 6.07) is 9.95. The van der Waals surface area contributed by atoms with Crippen molar-refractivity contribution in [3.05, 3.63) is 53.1 Å². The number of aryl methyl sites for hydroxylation is 1. The van der Waals surface area contributed by atoms with Crippen LogP contribution in [-0.2, 0) is 14.8 Å². The van der Waals surface area contributed by atoms with Crippen LogP contribution in [0.1, 0.15) is 16.7 Å². The van der Waals surface area contributed by atoms with Crippen LogP contribution in [-0.4, -0.2) is 14.8 Å². The SMILES string of the molecule is Cc1ccc(S(=O)(=O)Nc2ccc(NNC=O)cc2)c(C)c1C. The lowest BCUT2D eigenvalue weighted by Crippen LogP contribution is -2.19. The fraction of sp³-hybridized carbons (Fsp3) is 0.188. The van der Waals surface area contributed by atoms with Crippen LogP contribution in [0.4, 0.5) is 11.4 Å². The molecule has 7 heteroatoms. The van der Waals surface area contributed by atoms with Gasteiger partial charge in [0.05, 0.1) is 10.6 Å². The zero-order valence-electron chi connectivity index (χ0n) is 13.2. The van der Waals surface area contributed by atoms with E-state index < -0.39 is 10.0 Å². The third-order valence-corrected chi connectivity index (χ3v) is 5.24. The molecule has 0 aliphatic carbocycles. The predicted molar refractivity (Wildman–Crippen MR) is 90.7 cm³/mol. The molecule has 0 aliphatic heterocycles. The average molecular weight is 333 g/mol. The molecule has 2 rings (SSSR count). The minimum absolute atomic E-state index is 0.269. The van der Waals surface area contributed by atoms with Crippen molar-refractivity contribution in [2.45, 2.75) is 25.7 Å². The summed E-state index contributed by atoms with van der Waals surface area (Å²) in [6.45, 7) is 5.66. The van der Waals surface area contributed by atoms with Crippen LogP contribution in [0.15, 0.2) is 41.3 Å². The van der Waals surface area contributed by atoms with Crippen molar-refractivity contribution in [1.82, 2.24) is 5.43 Å². The molecule has 3 N–H and O–H groups in total. The van der Waals surface area contributed by atoms with E-state index in [0.717, 1.165) is 16.7 Å². The number of benzene rings is 2. The van der Waals surface area contributed by atoms with Crippen molar-refractivity contribution in [2.75, 3.05) is 10.1 Å². The first-order chi connectivity index (χ1) is 10.8. The Bertz CT molecular complexity index is 815. The lowest BCUT2D eigenvalue weighted by atomic mass is 10.1. The second-order valence-corrected chi connectivity index (χ2v) is 6.85. The third-order valence-electron chi connectivity index (χ3n) is 3.71. The number of hydrogen-bond donors (Lipinski definition) is 3. The fourth-order valence-corrected chi connectivity index (χ4v) is 3.53. The van der Waals surface area contributed by atoms with Gasteiger partial charge in [0.2, 0.25) is 6.41 Å². The van der Waals surface area contributed by atoms with Gasteiger partial charge in [-0.05, 0) is 67.8 Å². The first-order valence-corrected chi connectivity index (χ1v) is 8.48. The summed E-state index contributed by atoms with van der Waals surface area (Å²) in [5, 5.41) is 0. The monoisotopic (exact) mass is 333 g/mol. The fourth-order valence-electron chi connectivity index (χ4n) is 2.17. The number of carbonyl (C=O) groups excluding carboxylic acids is 1. The van der Waals surface area contributed by atoms with Crippen molar-refractivity contribution < 1.29 is 13.2 Å².